The Morgan fingerprint density at radius 1 is 1.04 bits per heavy atom. The molecule has 0 amide bonds. The number of hydrogen-bond donors (Lipinski definition) is 0. The summed E-state index contributed by atoms with van der Waals surface area (Å²) >= 11 is 1.63. The second kappa shape index (κ2) is 6.64. The zero-order valence-corrected chi connectivity index (χ0v) is 14.4. The van der Waals surface area contributed by atoms with E-state index in [2.05, 4.69) is 19.8 Å². The second-order valence-electron chi connectivity index (χ2n) is 5.90. The molecule has 0 N–H and O–H groups in total. The maximum Gasteiger partial charge on any atom is 0.301 e. The average molecular weight is 355 g/mol. The van der Waals surface area contributed by atoms with Crippen molar-refractivity contribution in [2.75, 3.05) is 36.0 Å². The lowest BCUT2D eigenvalue weighted by Crippen LogP contribution is -2.31. The number of fused-ring (bicyclic) bond motifs is 1. The Balaban J connectivity index is 1.67. The fraction of sp³-hybridized carbons (Fsp3) is 0.294. The van der Waals surface area contributed by atoms with Crippen molar-refractivity contribution in [3.05, 3.63) is 52.2 Å². The van der Waals surface area contributed by atoms with E-state index in [1.165, 1.54) is 0 Å². The second-order valence-corrected chi connectivity index (χ2v) is 6.78. The molecule has 2 aromatic heterocycles. The van der Waals surface area contributed by atoms with Crippen molar-refractivity contribution in [3.8, 4) is 0 Å². The number of nitrogens with zero attached hydrogens (tertiary/aromatic N) is 5. The Morgan fingerprint density at radius 2 is 1.88 bits per heavy atom. The predicted octanol–water partition coefficient (Wildman–Crippen LogP) is 3.32. The third-order valence-electron chi connectivity index (χ3n) is 4.44. The number of anilines is 2. The molecule has 128 valence electrons. The molecule has 0 unspecified atom stereocenters. The van der Waals surface area contributed by atoms with E-state index >= 15 is 0 Å². The Morgan fingerprint density at radius 3 is 2.68 bits per heavy atom. The van der Waals surface area contributed by atoms with E-state index in [1.807, 2.05) is 23.7 Å². The summed E-state index contributed by atoms with van der Waals surface area (Å²) in [6.45, 7) is 3.23. The van der Waals surface area contributed by atoms with E-state index in [1.54, 1.807) is 29.7 Å². The molecule has 1 fully saturated rings. The fourth-order valence-electron chi connectivity index (χ4n) is 3.29. The highest BCUT2D eigenvalue weighted by atomic mass is 32.1. The van der Waals surface area contributed by atoms with Crippen LogP contribution in [-0.2, 0) is 0 Å². The van der Waals surface area contributed by atoms with Crippen molar-refractivity contribution in [1.29, 1.82) is 0 Å². The van der Waals surface area contributed by atoms with Crippen molar-refractivity contribution in [1.82, 2.24) is 9.97 Å². The molecule has 3 aromatic rings. The quantitative estimate of drug-likeness (QED) is 0.530. The first-order valence-electron chi connectivity index (χ1n) is 8.15. The number of nitro benzene ring substituents is 1. The monoisotopic (exact) mass is 355 g/mol. The third-order valence-corrected chi connectivity index (χ3v) is 5.28. The highest BCUT2D eigenvalue weighted by molar-refractivity contribution is 7.13. The Labute approximate surface area is 148 Å². The van der Waals surface area contributed by atoms with Gasteiger partial charge >= 0.3 is 5.69 Å². The lowest BCUT2D eigenvalue weighted by Gasteiger charge is -2.23. The van der Waals surface area contributed by atoms with Crippen LogP contribution in [0.2, 0.25) is 0 Å². The lowest BCUT2D eigenvalue weighted by molar-refractivity contribution is -0.382. The van der Waals surface area contributed by atoms with Gasteiger partial charge in [0, 0.05) is 44.0 Å². The number of aromatic nitrogens is 2. The molecule has 1 aliphatic heterocycles. The van der Waals surface area contributed by atoms with Gasteiger partial charge in [-0.1, -0.05) is 0 Å². The first-order chi connectivity index (χ1) is 12.2. The molecule has 0 saturated carbocycles. The van der Waals surface area contributed by atoms with Crippen LogP contribution in [0.25, 0.3) is 10.9 Å². The van der Waals surface area contributed by atoms with Crippen molar-refractivity contribution in [2.45, 2.75) is 6.42 Å². The molecule has 1 aliphatic rings. The Kier molecular flexibility index (Phi) is 4.19. The summed E-state index contributed by atoms with van der Waals surface area (Å²) in [5.41, 5.74) is 1.47. The number of rotatable bonds is 3. The van der Waals surface area contributed by atoms with Gasteiger partial charge in [0.25, 0.3) is 0 Å². The molecule has 1 saturated heterocycles. The van der Waals surface area contributed by atoms with Gasteiger partial charge in [0.05, 0.1) is 15.8 Å². The topological polar surface area (TPSA) is 75.4 Å². The van der Waals surface area contributed by atoms with Crippen molar-refractivity contribution < 1.29 is 4.92 Å². The van der Waals surface area contributed by atoms with Crippen molar-refractivity contribution in [2.24, 2.45) is 0 Å². The smallest absolute Gasteiger partial charge is 0.301 e. The number of thiazole rings is 1. The van der Waals surface area contributed by atoms with Gasteiger partial charge in [-0.05, 0) is 30.7 Å². The molecule has 0 aliphatic carbocycles. The largest absolute Gasteiger partial charge is 0.364 e. The first-order valence-corrected chi connectivity index (χ1v) is 9.03. The van der Waals surface area contributed by atoms with Gasteiger partial charge in [0.2, 0.25) is 0 Å². The molecular formula is C17H17N5O2S. The first kappa shape index (κ1) is 15.8. The molecule has 0 radical (unpaired) electrons. The molecule has 1 aromatic carbocycles. The van der Waals surface area contributed by atoms with Crippen molar-refractivity contribution >= 4 is 38.7 Å². The molecular weight excluding hydrogens is 338 g/mol. The van der Waals surface area contributed by atoms with Crippen LogP contribution in [0.3, 0.4) is 0 Å². The molecule has 25 heavy (non-hydrogen) atoms. The molecule has 3 heterocycles. The minimum Gasteiger partial charge on any atom is -0.364 e. The summed E-state index contributed by atoms with van der Waals surface area (Å²) in [6, 6.07) is 7.20. The Hall–Kier alpha value is -2.74. The zero-order valence-electron chi connectivity index (χ0n) is 13.5. The molecule has 0 bridgehead atoms. The summed E-state index contributed by atoms with van der Waals surface area (Å²) in [5.74, 6) is 0. The molecule has 4 rings (SSSR count). The van der Waals surface area contributed by atoms with Crippen molar-refractivity contribution in [3.63, 3.8) is 0 Å². The third kappa shape index (κ3) is 3.00. The van der Waals surface area contributed by atoms with E-state index in [-0.39, 0.29) is 10.6 Å². The number of benzene rings is 1. The van der Waals surface area contributed by atoms with Crippen LogP contribution < -0.4 is 9.80 Å². The van der Waals surface area contributed by atoms with Gasteiger partial charge in [-0.2, -0.15) is 0 Å². The van der Waals surface area contributed by atoms with Crippen LogP contribution in [-0.4, -0.2) is 41.1 Å². The van der Waals surface area contributed by atoms with Gasteiger partial charge in [-0.3, -0.25) is 15.1 Å². The van der Waals surface area contributed by atoms with Gasteiger partial charge < -0.3 is 9.80 Å². The predicted molar refractivity (Wildman–Crippen MR) is 99.6 cm³/mol. The molecule has 7 nitrogen and oxygen atoms in total. The van der Waals surface area contributed by atoms with Gasteiger partial charge in [0.1, 0.15) is 5.69 Å². The van der Waals surface area contributed by atoms with Crippen LogP contribution in [0.1, 0.15) is 6.42 Å². The minimum absolute atomic E-state index is 0.147. The normalized spacial score (nSPS) is 15.4. The number of pyridine rings is 1. The van der Waals surface area contributed by atoms with Crippen LogP contribution in [0.4, 0.5) is 16.5 Å². The highest BCUT2D eigenvalue weighted by Gasteiger charge is 2.25. The molecule has 8 heteroatoms. The SMILES string of the molecule is O=[N+]([O-])c1c(N2CCCN(c3nccs3)CC2)ccc2ncccc12. The van der Waals surface area contributed by atoms with Gasteiger partial charge in [-0.15, -0.1) is 11.3 Å². The maximum atomic E-state index is 11.7. The van der Waals surface area contributed by atoms with E-state index in [0.717, 1.165) is 37.7 Å². The van der Waals surface area contributed by atoms with Gasteiger partial charge in [-0.25, -0.2) is 4.98 Å². The highest BCUT2D eigenvalue weighted by Crippen LogP contribution is 2.35. The van der Waals surface area contributed by atoms with Crippen LogP contribution in [0.5, 0.6) is 0 Å². The fourth-order valence-corrected chi connectivity index (χ4v) is 3.99. The average Bonchev–Trinajstić information content (AvgIpc) is 3.05. The van der Waals surface area contributed by atoms with E-state index in [4.69, 9.17) is 0 Å². The number of nitro groups is 1. The lowest BCUT2D eigenvalue weighted by atomic mass is 10.1. The summed E-state index contributed by atoms with van der Waals surface area (Å²) in [4.78, 5) is 24.4. The summed E-state index contributed by atoms with van der Waals surface area (Å²) in [6.07, 6.45) is 4.40. The van der Waals surface area contributed by atoms with Crippen LogP contribution in [0.15, 0.2) is 42.0 Å². The summed E-state index contributed by atoms with van der Waals surface area (Å²) in [5, 5.41) is 15.3. The van der Waals surface area contributed by atoms with E-state index < -0.39 is 0 Å². The number of hydrogen-bond acceptors (Lipinski definition) is 7. The molecule has 0 spiro atoms. The maximum absolute atomic E-state index is 11.7. The van der Waals surface area contributed by atoms with Crippen LogP contribution in [0, 0.1) is 10.1 Å². The molecule has 0 atom stereocenters. The van der Waals surface area contributed by atoms with Crippen LogP contribution >= 0.6 is 11.3 Å². The summed E-state index contributed by atoms with van der Waals surface area (Å²) < 4.78 is 0. The zero-order chi connectivity index (χ0) is 17.2. The minimum atomic E-state index is -0.289. The summed E-state index contributed by atoms with van der Waals surface area (Å²) in [7, 11) is 0. The standard InChI is InChI=1S/C17H17N5O2S/c23-22(24)16-13-3-1-6-18-14(13)4-5-15(16)20-8-2-9-21(11-10-20)17-19-7-12-25-17/h1,3-7,12H,2,8-11H2. The van der Waals surface area contributed by atoms with E-state index in [9.17, 15) is 10.1 Å². The Bertz CT molecular complexity index is 899. The van der Waals surface area contributed by atoms with E-state index in [0.29, 0.717) is 16.6 Å². The van der Waals surface area contributed by atoms with Gasteiger partial charge in [0.15, 0.2) is 5.13 Å².